The molecule has 4 aliphatic heterocycles. The highest BCUT2D eigenvalue weighted by Crippen LogP contribution is 2.35. The summed E-state index contributed by atoms with van der Waals surface area (Å²) in [6.45, 7) is 6.36. The first kappa shape index (κ1) is 50.4. The molecule has 2 atom stereocenters. The Bertz CT molecular complexity index is 3100. The summed E-state index contributed by atoms with van der Waals surface area (Å²) in [5.41, 5.74) is 4.18. The summed E-state index contributed by atoms with van der Waals surface area (Å²) in [5, 5.41) is 16.4. The van der Waals surface area contributed by atoms with E-state index in [2.05, 4.69) is 25.4 Å². The van der Waals surface area contributed by atoms with Gasteiger partial charge in [-0.1, -0.05) is 42.3 Å². The number of carbonyl (C=O) groups is 7. The third-order valence-electron chi connectivity index (χ3n) is 14.0. The van der Waals surface area contributed by atoms with E-state index in [0.29, 0.717) is 87.9 Å². The number of benzene rings is 4. The predicted octanol–water partition coefficient (Wildman–Crippen LogP) is 6.46. The van der Waals surface area contributed by atoms with Gasteiger partial charge in [0, 0.05) is 80.9 Å². The van der Waals surface area contributed by atoms with Gasteiger partial charge in [-0.3, -0.25) is 53.2 Å². The van der Waals surface area contributed by atoms with E-state index in [-0.39, 0.29) is 70.9 Å². The minimum atomic E-state index is -1.11. The van der Waals surface area contributed by atoms with Crippen LogP contribution in [0.4, 0.5) is 11.4 Å². The molecule has 0 bridgehead atoms. The predicted molar refractivity (Wildman–Crippen MR) is 274 cm³/mol. The SMILES string of the molecule is CCOc1cc(O)c(C(=O)/C=C/c2ccc(N3CCN(C(=O)CCCCCC(=O)Nc4cccc5c4C(=O)N(C4CCC(=O)NC4=O)C5=O)CC3)cc2Cl)cc1CN1CCCC(n2c(=O)[nH]c3ccccc32)C1. The Kier molecular flexibility index (Phi) is 15.2. The number of allylic oxidation sites excluding steroid dienone is 1. The van der Waals surface area contributed by atoms with Gasteiger partial charge < -0.3 is 29.9 Å². The molecule has 3 saturated heterocycles. The van der Waals surface area contributed by atoms with Gasteiger partial charge in [0.25, 0.3) is 11.8 Å². The highest BCUT2D eigenvalue weighted by Gasteiger charge is 2.46. The molecule has 3 fully saturated rings. The lowest BCUT2D eigenvalue weighted by molar-refractivity contribution is -0.136. The zero-order valence-electron chi connectivity index (χ0n) is 40.5. The molecule has 1 aromatic heterocycles. The molecular formula is C54H57ClN8O10. The van der Waals surface area contributed by atoms with Gasteiger partial charge in [0.15, 0.2) is 5.78 Å². The number of carbonyl (C=O) groups excluding carboxylic acids is 7. The Labute approximate surface area is 425 Å². The molecule has 380 valence electrons. The van der Waals surface area contributed by atoms with Crippen molar-refractivity contribution in [2.45, 2.75) is 83.3 Å². The lowest BCUT2D eigenvalue weighted by atomic mass is 10.0. The van der Waals surface area contributed by atoms with Gasteiger partial charge in [0.2, 0.25) is 23.6 Å². The maximum Gasteiger partial charge on any atom is 0.326 e. The fraction of sp³-hybridized carbons (Fsp3) is 0.370. The first-order valence-corrected chi connectivity index (χ1v) is 25.2. The number of aromatic hydroxyl groups is 1. The Morgan fingerprint density at radius 2 is 1.67 bits per heavy atom. The number of piperazine rings is 1. The average Bonchev–Trinajstić information content (AvgIpc) is 3.85. The lowest BCUT2D eigenvalue weighted by Crippen LogP contribution is -2.54. The van der Waals surface area contributed by atoms with Crippen molar-refractivity contribution in [3.05, 3.63) is 122 Å². The molecule has 9 rings (SSSR count). The van der Waals surface area contributed by atoms with Crippen molar-refractivity contribution in [2.24, 2.45) is 0 Å². The van der Waals surface area contributed by atoms with Crippen molar-refractivity contribution in [2.75, 3.05) is 56.1 Å². The van der Waals surface area contributed by atoms with Crippen LogP contribution in [0.3, 0.4) is 0 Å². The van der Waals surface area contributed by atoms with E-state index in [0.717, 1.165) is 46.6 Å². The van der Waals surface area contributed by atoms with Crippen LogP contribution in [-0.4, -0.2) is 123 Å². The fourth-order valence-corrected chi connectivity index (χ4v) is 10.6. The van der Waals surface area contributed by atoms with E-state index < -0.39 is 35.5 Å². The molecule has 18 nitrogen and oxygen atoms in total. The van der Waals surface area contributed by atoms with Gasteiger partial charge >= 0.3 is 5.69 Å². The van der Waals surface area contributed by atoms with Crippen LogP contribution in [-0.2, 0) is 25.7 Å². The number of rotatable bonds is 17. The van der Waals surface area contributed by atoms with E-state index in [1.165, 1.54) is 24.3 Å². The molecule has 2 unspecified atom stereocenters. The van der Waals surface area contributed by atoms with Crippen molar-refractivity contribution in [1.82, 2.24) is 29.6 Å². The van der Waals surface area contributed by atoms with Crippen molar-refractivity contribution in [1.29, 1.82) is 0 Å². The normalized spacial score (nSPS) is 18.4. The third kappa shape index (κ3) is 11.0. The number of anilines is 2. The van der Waals surface area contributed by atoms with Gasteiger partial charge in [-0.25, -0.2) is 4.79 Å². The molecule has 0 aliphatic carbocycles. The number of hydrogen-bond acceptors (Lipinski definition) is 12. The fourth-order valence-electron chi connectivity index (χ4n) is 10.3. The summed E-state index contributed by atoms with van der Waals surface area (Å²) >= 11 is 6.76. The Morgan fingerprint density at radius 3 is 2.45 bits per heavy atom. The Hall–Kier alpha value is -7.57. The minimum Gasteiger partial charge on any atom is -0.507 e. The number of unbranched alkanes of at least 4 members (excludes halogenated alkanes) is 2. The Morgan fingerprint density at radius 1 is 0.877 bits per heavy atom. The number of ketones is 1. The van der Waals surface area contributed by atoms with E-state index in [4.69, 9.17) is 16.3 Å². The highest BCUT2D eigenvalue weighted by atomic mass is 35.5. The quantitative estimate of drug-likeness (QED) is 0.0341. The summed E-state index contributed by atoms with van der Waals surface area (Å²) in [6, 6.07) is 19.8. The van der Waals surface area contributed by atoms with Crippen LogP contribution in [0.2, 0.25) is 5.02 Å². The third-order valence-corrected chi connectivity index (χ3v) is 14.4. The zero-order valence-corrected chi connectivity index (χ0v) is 41.2. The monoisotopic (exact) mass is 1010 g/mol. The molecule has 73 heavy (non-hydrogen) atoms. The number of para-hydroxylation sites is 2. The second-order valence-corrected chi connectivity index (χ2v) is 19.2. The number of nitrogens with one attached hydrogen (secondary N) is 3. The van der Waals surface area contributed by atoms with Gasteiger partial charge in [-0.15, -0.1) is 0 Å². The number of amides is 6. The molecule has 0 saturated carbocycles. The molecule has 0 spiro atoms. The molecular weight excluding hydrogens is 956 g/mol. The number of aromatic amines is 1. The van der Waals surface area contributed by atoms with Crippen LogP contribution in [0.5, 0.6) is 11.5 Å². The molecule has 5 aromatic rings. The molecule has 19 heteroatoms. The molecule has 5 heterocycles. The van der Waals surface area contributed by atoms with Crippen molar-refractivity contribution < 1.29 is 43.4 Å². The van der Waals surface area contributed by atoms with Crippen molar-refractivity contribution in [3.63, 3.8) is 0 Å². The summed E-state index contributed by atoms with van der Waals surface area (Å²) in [7, 11) is 0. The number of fused-ring (bicyclic) bond motifs is 2. The number of imidazole rings is 1. The maximum absolute atomic E-state index is 13.7. The van der Waals surface area contributed by atoms with Gasteiger partial charge in [-0.05, 0) is 106 Å². The van der Waals surface area contributed by atoms with Crippen molar-refractivity contribution in [3.8, 4) is 11.5 Å². The summed E-state index contributed by atoms with van der Waals surface area (Å²) in [4.78, 5) is 113. The Balaban J connectivity index is 0.726. The van der Waals surface area contributed by atoms with Gasteiger partial charge in [0.1, 0.15) is 17.5 Å². The van der Waals surface area contributed by atoms with Crippen LogP contribution in [0.1, 0.15) is 113 Å². The number of nitrogens with zero attached hydrogens (tertiary/aromatic N) is 5. The largest absolute Gasteiger partial charge is 0.507 e. The number of H-pyrrole nitrogens is 1. The number of aromatic nitrogens is 2. The van der Waals surface area contributed by atoms with E-state index in [1.54, 1.807) is 18.2 Å². The van der Waals surface area contributed by atoms with Crippen molar-refractivity contribution >= 4 is 81.3 Å². The first-order chi connectivity index (χ1) is 35.3. The lowest BCUT2D eigenvalue weighted by Gasteiger charge is -2.36. The second-order valence-electron chi connectivity index (χ2n) is 18.8. The average molecular weight is 1010 g/mol. The van der Waals surface area contributed by atoms with Crippen LogP contribution >= 0.6 is 11.6 Å². The number of likely N-dealkylation sites (tertiary alicyclic amines) is 1. The number of imide groups is 2. The maximum atomic E-state index is 13.7. The van der Waals surface area contributed by atoms with E-state index in [1.807, 2.05) is 58.9 Å². The van der Waals surface area contributed by atoms with Gasteiger partial charge in [-0.2, -0.15) is 0 Å². The first-order valence-electron chi connectivity index (χ1n) is 24.9. The molecule has 4 N–H and O–H groups in total. The molecule has 0 radical (unpaired) electrons. The number of halogens is 1. The van der Waals surface area contributed by atoms with Gasteiger partial charge in [0.05, 0.1) is 46.1 Å². The van der Waals surface area contributed by atoms with E-state index in [9.17, 15) is 43.5 Å². The topological polar surface area (TPSA) is 224 Å². The molecule has 6 amide bonds. The second kappa shape index (κ2) is 22.0. The molecule has 4 aromatic carbocycles. The standard InChI is InChI=1S/C54H57ClN8O10/c1-2-73-46-30-45(65)38(28-34(46)31-59-23-9-10-36(32-59)62-42-14-7-6-12-40(42)57-54(62)72)44(64)21-18-33-17-19-35(29-39(33)55)60-24-26-61(27-25-60)49(68)16-5-3-4-15-47(66)56-41-13-8-11-37-50(41)53(71)63(52(37)70)43-20-22-48(67)58-51(43)69/h6-8,11-14,17-19,21,28-30,36,43,65H,2-5,9-10,15-16,20,22-27,31-32H2,1H3,(H,56,66)(H,57,72)(H,58,67,69)/b21-18+. The molecule has 4 aliphatic rings. The van der Waals surface area contributed by atoms with E-state index >= 15 is 0 Å². The van der Waals surface area contributed by atoms with Crippen LogP contribution in [0, 0.1) is 0 Å². The number of phenols is 1. The summed E-state index contributed by atoms with van der Waals surface area (Å²) in [5.74, 6) is -2.96. The van der Waals surface area contributed by atoms with Crippen LogP contribution < -0.4 is 26.0 Å². The number of piperidine rings is 2. The van der Waals surface area contributed by atoms with Crippen LogP contribution in [0.25, 0.3) is 17.1 Å². The number of phenolic OH excluding ortho intramolecular Hbond substituents is 1. The minimum absolute atomic E-state index is 0.000940. The smallest absolute Gasteiger partial charge is 0.326 e. The number of hydrogen-bond donors (Lipinski definition) is 4. The highest BCUT2D eigenvalue weighted by molar-refractivity contribution is 6.32. The van der Waals surface area contributed by atoms with Crippen LogP contribution in [0.15, 0.2) is 83.7 Å². The number of ether oxygens (including phenoxy) is 1. The summed E-state index contributed by atoms with van der Waals surface area (Å²) in [6.07, 6.45) is 6.96. The zero-order chi connectivity index (χ0) is 51.3. The summed E-state index contributed by atoms with van der Waals surface area (Å²) < 4.78 is 7.75.